The molecule has 1 aliphatic rings. The van der Waals surface area contributed by atoms with Gasteiger partial charge in [0.25, 0.3) is 17.7 Å². The van der Waals surface area contributed by atoms with Gasteiger partial charge in [-0.1, -0.05) is 24.3 Å². The number of nitrogens with zero attached hydrogens (tertiary/aromatic N) is 3. The molecule has 0 saturated carbocycles. The Hall–Kier alpha value is -4.80. The van der Waals surface area contributed by atoms with Gasteiger partial charge in [0.2, 0.25) is 0 Å². The molecule has 35 heavy (non-hydrogen) atoms. The van der Waals surface area contributed by atoms with Crippen molar-refractivity contribution in [3.63, 3.8) is 0 Å². The predicted molar refractivity (Wildman–Crippen MR) is 122 cm³/mol. The number of aromatic nitrogens is 3. The first kappa shape index (κ1) is 22.0. The Balaban J connectivity index is 1.32. The van der Waals surface area contributed by atoms with E-state index in [0.717, 1.165) is 5.56 Å². The van der Waals surface area contributed by atoms with E-state index < -0.39 is 17.6 Å². The van der Waals surface area contributed by atoms with Crippen LogP contribution in [0.15, 0.2) is 60.8 Å². The fraction of sp³-hybridized carbons (Fsp3) is 0.125. The molecule has 0 unspecified atom stereocenters. The van der Waals surface area contributed by atoms with Gasteiger partial charge >= 0.3 is 0 Å². The SMILES string of the molecule is O=C1COc2ccc(CNC(=O)c3cc(C(=O)NCc4ccccc4F)n4nccc4n3)cc2N1. The standard InChI is InChI=1S/C24H19FN6O4/c25-16-4-2-1-3-15(16)12-27-24(34)19-10-18(29-21-7-8-28-31(19)21)23(33)26-11-14-5-6-20-17(9-14)30-22(32)13-35-20/h1-10H,11-13H2,(H,26,33)(H,27,34)(H,30,32). The number of nitrogens with one attached hydrogen (secondary N) is 3. The molecule has 1 aliphatic heterocycles. The zero-order valence-corrected chi connectivity index (χ0v) is 18.2. The lowest BCUT2D eigenvalue weighted by Crippen LogP contribution is -2.29. The van der Waals surface area contributed by atoms with E-state index in [1.54, 1.807) is 42.5 Å². The van der Waals surface area contributed by atoms with Crippen LogP contribution in [0.25, 0.3) is 5.65 Å². The van der Waals surface area contributed by atoms with Crippen LogP contribution in [-0.4, -0.2) is 38.9 Å². The normalized spacial score (nSPS) is 12.4. The topological polar surface area (TPSA) is 127 Å². The first-order valence-corrected chi connectivity index (χ1v) is 10.7. The zero-order chi connectivity index (χ0) is 24.4. The van der Waals surface area contributed by atoms with Crippen molar-refractivity contribution in [2.45, 2.75) is 13.1 Å². The lowest BCUT2D eigenvalue weighted by Gasteiger charge is -2.18. The van der Waals surface area contributed by atoms with Crippen molar-refractivity contribution in [1.82, 2.24) is 25.2 Å². The van der Waals surface area contributed by atoms with Crippen molar-refractivity contribution < 1.29 is 23.5 Å². The number of amides is 3. The van der Waals surface area contributed by atoms with Crippen LogP contribution in [0.3, 0.4) is 0 Å². The van der Waals surface area contributed by atoms with Crippen molar-refractivity contribution in [3.05, 3.63) is 89.1 Å². The summed E-state index contributed by atoms with van der Waals surface area (Å²) in [5, 5.41) is 12.2. The summed E-state index contributed by atoms with van der Waals surface area (Å²) >= 11 is 0. The first-order valence-electron chi connectivity index (χ1n) is 10.7. The molecule has 2 aromatic heterocycles. The Bertz CT molecular complexity index is 1470. The molecule has 0 atom stereocenters. The number of hydrogen-bond donors (Lipinski definition) is 3. The molecule has 0 saturated heterocycles. The first-order chi connectivity index (χ1) is 17.0. The van der Waals surface area contributed by atoms with Crippen LogP contribution >= 0.6 is 0 Å². The highest BCUT2D eigenvalue weighted by Gasteiger charge is 2.19. The van der Waals surface area contributed by atoms with Gasteiger partial charge in [0.15, 0.2) is 12.3 Å². The summed E-state index contributed by atoms with van der Waals surface area (Å²) < 4.78 is 20.5. The quantitative estimate of drug-likeness (QED) is 0.393. The Morgan fingerprint density at radius 3 is 2.74 bits per heavy atom. The maximum Gasteiger partial charge on any atom is 0.270 e. The third kappa shape index (κ3) is 4.64. The second-order valence-corrected chi connectivity index (χ2v) is 7.75. The van der Waals surface area contributed by atoms with Gasteiger partial charge in [0.05, 0.1) is 11.9 Å². The Morgan fingerprint density at radius 2 is 1.89 bits per heavy atom. The van der Waals surface area contributed by atoms with E-state index in [4.69, 9.17) is 4.74 Å². The average molecular weight is 474 g/mol. The molecule has 3 N–H and O–H groups in total. The smallest absolute Gasteiger partial charge is 0.270 e. The largest absolute Gasteiger partial charge is 0.482 e. The molecule has 2 aromatic carbocycles. The van der Waals surface area contributed by atoms with E-state index in [-0.39, 0.29) is 37.0 Å². The fourth-order valence-electron chi connectivity index (χ4n) is 3.61. The third-order valence-corrected chi connectivity index (χ3v) is 5.35. The van der Waals surface area contributed by atoms with Crippen LogP contribution in [-0.2, 0) is 17.9 Å². The minimum atomic E-state index is -0.538. The molecule has 3 heterocycles. The molecule has 176 valence electrons. The van der Waals surface area contributed by atoms with Crippen molar-refractivity contribution in [1.29, 1.82) is 0 Å². The Morgan fingerprint density at radius 1 is 1.06 bits per heavy atom. The number of carbonyl (C=O) groups is 3. The van der Waals surface area contributed by atoms with Crippen LogP contribution in [0.2, 0.25) is 0 Å². The summed E-state index contributed by atoms with van der Waals surface area (Å²) in [5.41, 5.74) is 1.99. The summed E-state index contributed by atoms with van der Waals surface area (Å²) in [5.74, 6) is -1.17. The van der Waals surface area contributed by atoms with Crippen molar-refractivity contribution in [2.24, 2.45) is 0 Å². The molecule has 5 rings (SSSR count). The van der Waals surface area contributed by atoms with Crippen LogP contribution in [0.5, 0.6) is 5.75 Å². The summed E-state index contributed by atoms with van der Waals surface area (Å²) in [4.78, 5) is 41.5. The number of carbonyl (C=O) groups excluding carboxylic acids is 3. The van der Waals surface area contributed by atoms with Gasteiger partial charge < -0.3 is 20.7 Å². The third-order valence-electron chi connectivity index (χ3n) is 5.35. The van der Waals surface area contributed by atoms with Crippen LogP contribution < -0.4 is 20.7 Å². The molecule has 3 amide bonds. The molecule has 11 heteroatoms. The van der Waals surface area contributed by atoms with E-state index in [9.17, 15) is 18.8 Å². The molecule has 0 radical (unpaired) electrons. The number of fused-ring (bicyclic) bond motifs is 2. The molecule has 10 nitrogen and oxygen atoms in total. The molecular formula is C24H19FN6O4. The van der Waals surface area contributed by atoms with Crippen molar-refractivity contribution in [2.75, 3.05) is 11.9 Å². The fourth-order valence-corrected chi connectivity index (χ4v) is 3.61. The number of benzene rings is 2. The van der Waals surface area contributed by atoms with Gasteiger partial charge in [-0.3, -0.25) is 14.4 Å². The predicted octanol–water partition coefficient (Wildman–Crippen LogP) is 2.06. The molecular weight excluding hydrogens is 455 g/mol. The van der Waals surface area contributed by atoms with E-state index in [1.807, 2.05) is 0 Å². The Labute approximate surface area is 198 Å². The van der Waals surface area contributed by atoms with Crippen molar-refractivity contribution >= 4 is 29.1 Å². The zero-order valence-electron chi connectivity index (χ0n) is 18.2. The molecule has 0 fully saturated rings. The van der Waals surface area contributed by atoms with Gasteiger partial charge in [-0.2, -0.15) is 5.10 Å². The highest BCUT2D eigenvalue weighted by molar-refractivity contribution is 5.98. The minimum absolute atomic E-state index is 0.0173. The van der Waals surface area contributed by atoms with Gasteiger partial charge in [-0.25, -0.2) is 13.9 Å². The molecule has 4 aromatic rings. The second kappa shape index (κ2) is 9.21. The van der Waals surface area contributed by atoms with E-state index >= 15 is 0 Å². The van der Waals surface area contributed by atoms with E-state index in [0.29, 0.717) is 22.6 Å². The summed E-state index contributed by atoms with van der Waals surface area (Å²) in [7, 11) is 0. The number of hydrogen-bond acceptors (Lipinski definition) is 6. The highest BCUT2D eigenvalue weighted by atomic mass is 19.1. The van der Waals surface area contributed by atoms with Crippen LogP contribution in [0.1, 0.15) is 32.1 Å². The highest BCUT2D eigenvalue weighted by Crippen LogP contribution is 2.28. The summed E-state index contributed by atoms with van der Waals surface area (Å²) in [6.07, 6.45) is 1.46. The lowest BCUT2D eigenvalue weighted by molar-refractivity contribution is -0.118. The van der Waals surface area contributed by atoms with Crippen LogP contribution in [0.4, 0.5) is 10.1 Å². The van der Waals surface area contributed by atoms with Gasteiger partial charge in [0.1, 0.15) is 23.0 Å². The number of halogens is 1. The van der Waals surface area contributed by atoms with Gasteiger partial charge in [0, 0.05) is 30.8 Å². The minimum Gasteiger partial charge on any atom is -0.482 e. The van der Waals surface area contributed by atoms with Gasteiger partial charge in [-0.15, -0.1) is 0 Å². The maximum absolute atomic E-state index is 13.9. The lowest BCUT2D eigenvalue weighted by atomic mass is 10.1. The molecule has 0 bridgehead atoms. The monoisotopic (exact) mass is 474 g/mol. The maximum atomic E-state index is 13.9. The number of rotatable bonds is 6. The molecule has 0 spiro atoms. The average Bonchev–Trinajstić information content (AvgIpc) is 3.34. The van der Waals surface area contributed by atoms with Crippen molar-refractivity contribution in [3.8, 4) is 5.75 Å². The summed E-state index contributed by atoms with van der Waals surface area (Å²) in [6, 6.07) is 14.2. The van der Waals surface area contributed by atoms with E-state index in [2.05, 4.69) is 26.0 Å². The Kier molecular flexibility index (Phi) is 5.80. The van der Waals surface area contributed by atoms with Gasteiger partial charge in [-0.05, 0) is 23.8 Å². The summed E-state index contributed by atoms with van der Waals surface area (Å²) in [6.45, 7) is 0.0850. The van der Waals surface area contributed by atoms with E-state index in [1.165, 1.54) is 22.8 Å². The number of anilines is 1. The second-order valence-electron chi connectivity index (χ2n) is 7.75. The van der Waals surface area contributed by atoms with Crippen LogP contribution in [0, 0.1) is 5.82 Å². The molecule has 0 aliphatic carbocycles. The number of ether oxygens (including phenoxy) is 1.